The van der Waals surface area contributed by atoms with E-state index in [9.17, 15) is 4.39 Å². The van der Waals surface area contributed by atoms with Crippen LogP contribution in [0, 0.1) is 17.1 Å². The molecular weight excluding hydrogens is 309 g/mol. The zero-order valence-corrected chi connectivity index (χ0v) is 12.8. The summed E-state index contributed by atoms with van der Waals surface area (Å²) in [6.07, 6.45) is 1.18. The Labute approximate surface area is 137 Å². The van der Waals surface area contributed by atoms with Crippen LogP contribution in [0.25, 0.3) is 22.4 Å². The van der Waals surface area contributed by atoms with Gasteiger partial charge in [0.2, 0.25) is 6.79 Å². The van der Waals surface area contributed by atoms with Gasteiger partial charge in [-0.3, -0.25) is 0 Å². The number of unbranched alkanes of at least 4 members (excludes halogenated alkanes) is 1. The Balaban J connectivity index is 1.86. The van der Waals surface area contributed by atoms with E-state index in [2.05, 4.69) is 6.07 Å². The maximum Gasteiger partial charge on any atom is 0.231 e. The van der Waals surface area contributed by atoms with Gasteiger partial charge in [0.15, 0.2) is 11.5 Å². The van der Waals surface area contributed by atoms with Crippen molar-refractivity contribution in [2.45, 2.75) is 19.4 Å². The van der Waals surface area contributed by atoms with Gasteiger partial charge in [0.1, 0.15) is 11.6 Å². The van der Waals surface area contributed by atoms with Crippen molar-refractivity contribution in [2.24, 2.45) is 0 Å². The van der Waals surface area contributed by atoms with Crippen molar-refractivity contribution in [3.8, 4) is 29.0 Å². The lowest BCUT2D eigenvalue weighted by atomic mass is 10.2. The molecule has 0 spiro atoms. The van der Waals surface area contributed by atoms with E-state index in [4.69, 9.17) is 19.7 Å². The summed E-state index contributed by atoms with van der Waals surface area (Å²) in [5, 5.41) is 8.80. The Morgan fingerprint density at radius 1 is 1.17 bits per heavy atom. The van der Waals surface area contributed by atoms with Gasteiger partial charge in [-0.1, -0.05) is 0 Å². The van der Waals surface area contributed by atoms with Crippen molar-refractivity contribution in [1.29, 1.82) is 5.26 Å². The normalized spacial score (nSPS) is 12.5. The molecule has 0 saturated heterocycles. The van der Waals surface area contributed by atoms with Crippen LogP contribution < -0.4 is 9.47 Å². The maximum absolute atomic E-state index is 13.2. The molecule has 24 heavy (non-hydrogen) atoms. The van der Waals surface area contributed by atoms with E-state index in [0.29, 0.717) is 30.9 Å². The fourth-order valence-corrected chi connectivity index (χ4v) is 2.88. The highest BCUT2D eigenvalue weighted by Gasteiger charge is 2.19. The van der Waals surface area contributed by atoms with Crippen LogP contribution in [0.4, 0.5) is 4.39 Å². The summed E-state index contributed by atoms with van der Waals surface area (Å²) < 4.78 is 26.1. The molecule has 1 aromatic heterocycles. The highest BCUT2D eigenvalue weighted by Crippen LogP contribution is 2.37. The van der Waals surface area contributed by atoms with E-state index >= 15 is 0 Å². The molecule has 0 saturated carbocycles. The first-order valence-electron chi connectivity index (χ1n) is 7.69. The molecule has 0 bridgehead atoms. The Bertz CT molecular complexity index is 942. The second-order valence-corrected chi connectivity index (χ2v) is 5.55. The number of nitriles is 1. The van der Waals surface area contributed by atoms with Gasteiger partial charge in [0.25, 0.3) is 0 Å². The van der Waals surface area contributed by atoms with Crippen LogP contribution in [-0.2, 0) is 6.54 Å². The van der Waals surface area contributed by atoms with E-state index in [0.717, 1.165) is 22.4 Å². The predicted octanol–water partition coefficient (Wildman–Crippen LogP) is 3.87. The van der Waals surface area contributed by atoms with Crippen LogP contribution in [0.5, 0.6) is 11.5 Å². The number of benzene rings is 2. The first-order valence-corrected chi connectivity index (χ1v) is 7.69. The number of hydrogen-bond acceptors (Lipinski definition) is 4. The Kier molecular flexibility index (Phi) is 3.54. The highest BCUT2D eigenvalue weighted by molar-refractivity contribution is 5.84. The van der Waals surface area contributed by atoms with E-state index in [1.807, 2.05) is 16.7 Å². The summed E-state index contributed by atoms with van der Waals surface area (Å²) in [6, 6.07) is 12.2. The second-order valence-electron chi connectivity index (χ2n) is 5.55. The minimum absolute atomic E-state index is 0.210. The molecule has 0 unspecified atom stereocenters. The molecule has 0 amide bonds. The fraction of sp³-hybridized carbons (Fsp3) is 0.222. The molecule has 120 valence electrons. The lowest BCUT2D eigenvalue weighted by Crippen LogP contribution is -2.01. The molecule has 1 aliphatic rings. The minimum atomic E-state index is -0.285. The van der Waals surface area contributed by atoms with Gasteiger partial charge >= 0.3 is 0 Å². The van der Waals surface area contributed by atoms with Gasteiger partial charge in [-0.25, -0.2) is 9.37 Å². The van der Waals surface area contributed by atoms with E-state index in [-0.39, 0.29) is 12.6 Å². The molecule has 0 atom stereocenters. The van der Waals surface area contributed by atoms with Crippen LogP contribution >= 0.6 is 0 Å². The smallest absolute Gasteiger partial charge is 0.231 e. The summed E-state index contributed by atoms with van der Waals surface area (Å²) in [5.74, 6) is 1.82. The molecule has 2 heterocycles. The van der Waals surface area contributed by atoms with Crippen molar-refractivity contribution in [2.75, 3.05) is 6.79 Å². The summed E-state index contributed by atoms with van der Waals surface area (Å²) >= 11 is 0. The largest absolute Gasteiger partial charge is 0.454 e. The number of aryl methyl sites for hydroxylation is 1. The predicted molar refractivity (Wildman–Crippen MR) is 86.1 cm³/mol. The third kappa shape index (κ3) is 2.44. The van der Waals surface area contributed by atoms with Gasteiger partial charge in [-0.05, 0) is 30.7 Å². The average Bonchev–Trinajstić information content (AvgIpc) is 3.18. The van der Waals surface area contributed by atoms with Crippen LogP contribution in [-0.4, -0.2) is 16.3 Å². The van der Waals surface area contributed by atoms with Crippen LogP contribution in [0.15, 0.2) is 36.4 Å². The summed E-state index contributed by atoms with van der Waals surface area (Å²) in [7, 11) is 0. The topological polar surface area (TPSA) is 60.1 Å². The quantitative estimate of drug-likeness (QED) is 0.684. The van der Waals surface area contributed by atoms with Crippen molar-refractivity contribution >= 4 is 11.0 Å². The molecular formula is C18H14FN3O2. The number of imidazole rings is 1. The molecule has 2 aromatic carbocycles. The number of ether oxygens (including phenoxy) is 2. The third-order valence-electron chi connectivity index (χ3n) is 4.02. The van der Waals surface area contributed by atoms with Crippen molar-refractivity contribution < 1.29 is 13.9 Å². The van der Waals surface area contributed by atoms with Gasteiger partial charge in [0, 0.05) is 30.7 Å². The second kappa shape index (κ2) is 5.85. The van der Waals surface area contributed by atoms with Crippen molar-refractivity contribution in [3.05, 3.63) is 42.2 Å². The van der Waals surface area contributed by atoms with E-state index < -0.39 is 0 Å². The molecule has 0 radical (unpaired) electrons. The lowest BCUT2D eigenvalue weighted by molar-refractivity contribution is 0.174. The average molecular weight is 323 g/mol. The molecule has 0 aliphatic carbocycles. The molecule has 0 N–H and O–H groups in total. The third-order valence-corrected chi connectivity index (χ3v) is 4.02. The highest BCUT2D eigenvalue weighted by atomic mass is 19.1. The van der Waals surface area contributed by atoms with E-state index in [1.165, 1.54) is 12.1 Å². The number of halogens is 1. The number of fused-ring (bicyclic) bond motifs is 2. The van der Waals surface area contributed by atoms with Crippen molar-refractivity contribution in [3.63, 3.8) is 0 Å². The monoisotopic (exact) mass is 323 g/mol. The first kappa shape index (κ1) is 14.5. The molecule has 0 fully saturated rings. The Hall–Kier alpha value is -3.07. The zero-order chi connectivity index (χ0) is 16.5. The minimum Gasteiger partial charge on any atom is -0.454 e. The van der Waals surface area contributed by atoms with Crippen LogP contribution in [0.3, 0.4) is 0 Å². The molecule has 4 rings (SSSR count). The Morgan fingerprint density at radius 2 is 1.92 bits per heavy atom. The maximum atomic E-state index is 13.2. The summed E-state index contributed by atoms with van der Waals surface area (Å²) in [4.78, 5) is 4.69. The number of aromatic nitrogens is 2. The summed E-state index contributed by atoms with van der Waals surface area (Å²) in [6.45, 7) is 0.859. The molecule has 3 aromatic rings. The van der Waals surface area contributed by atoms with E-state index in [1.54, 1.807) is 12.1 Å². The standard InChI is InChI=1S/C18H14FN3O2/c19-13-5-3-12(4-6-13)18-21-14-9-16-17(24-11-23-16)10-15(14)22(18)8-2-1-7-20/h3-6,9-10H,1-2,8,11H2. The number of nitrogens with zero attached hydrogens (tertiary/aromatic N) is 3. The van der Waals surface area contributed by atoms with Gasteiger partial charge in [-0.15, -0.1) is 0 Å². The van der Waals surface area contributed by atoms with Gasteiger partial charge < -0.3 is 14.0 Å². The van der Waals surface area contributed by atoms with Gasteiger partial charge in [-0.2, -0.15) is 5.26 Å². The Morgan fingerprint density at radius 3 is 2.67 bits per heavy atom. The molecule has 5 nitrogen and oxygen atoms in total. The summed E-state index contributed by atoms with van der Waals surface area (Å²) in [5.41, 5.74) is 2.53. The van der Waals surface area contributed by atoms with Crippen LogP contribution in [0.2, 0.25) is 0 Å². The number of hydrogen-bond donors (Lipinski definition) is 0. The molecule has 1 aliphatic heterocycles. The zero-order valence-electron chi connectivity index (χ0n) is 12.8. The fourth-order valence-electron chi connectivity index (χ4n) is 2.88. The van der Waals surface area contributed by atoms with Crippen LogP contribution in [0.1, 0.15) is 12.8 Å². The van der Waals surface area contributed by atoms with Gasteiger partial charge in [0.05, 0.1) is 17.1 Å². The number of rotatable bonds is 4. The lowest BCUT2D eigenvalue weighted by Gasteiger charge is -2.08. The molecule has 6 heteroatoms. The SMILES string of the molecule is N#CCCCn1c(-c2ccc(F)cc2)nc2cc3c(cc21)OCO3. The first-order chi connectivity index (χ1) is 11.8. The van der Waals surface area contributed by atoms with Crippen molar-refractivity contribution in [1.82, 2.24) is 9.55 Å².